The number of aryl methyl sites for hydroxylation is 1. The van der Waals surface area contributed by atoms with Crippen LogP contribution in [0, 0.1) is 6.92 Å². The summed E-state index contributed by atoms with van der Waals surface area (Å²) in [5.74, 6) is 1.87. The first-order chi connectivity index (χ1) is 13.7. The van der Waals surface area contributed by atoms with E-state index in [1.807, 2.05) is 30.3 Å². The Morgan fingerprint density at radius 2 is 2.04 bits per heavy atom. The van der Waals surface area contributed by atoms with Crippen molar-refractivity contribution in [3.8, 4) is 5.75 Å². The van der Waals surface area contributed by atoms with E-state index in [1.54, 1.807) is 6.92 Å². The van der Waals surface area contributed by atoms with Gasteiger partial charge in [0.15, 0.2) is 6.61 Å². The third-order valence-electron chi connectivity index (χ3n) is 4.87. The molecule has 1 aromatic heterocycles. The Morgan fingerprint density at radius 1 is 1.21 bits per heavy atom. The summed E-state index contributed by atoms with van der Waals surface area (Å²) in [4.78, 5) is 6.61. The molecule has 0 saturated carbocycles. The van der Waals surface area contributed by atoms with E-state index in [0.717, 1.165) is 37.0 Å². The fourth-order valence-corrected chi connectivity index (χ4v) is 3.72. The highest BCUT2D eigenvalue weighted by Crippen LogP contribution is 2.29. The van der Waals surface area contributed by atoms with Crippen LogP contribution in [0.15, 0.2) is 53.1 Å². The van der Waals surface area contributed by atoms with Crippen LogP contribution in [-0.4, -0.2) is 34.7 Å². The Balaban J connectivity index is 1.40. The zero-order valence-corrected chi connectivity index (χ0v) is 16.5. The lowest BCUT2D eigenvalue weighted by Crippen LogP contribution is -2.45. The van der Waals surface area contributed by atoms with E-state index >= 15 is 0 Å². The average Bonchev–Trinajstić information content (AvgIpc) is 3.14. The molecule has 1 unspecified atom stereocenters. The van der Waals surface area contributed by atoms with Crippen molar-refractivity contribution in [3.63, 3.8) is 0 Å². The number of benzene rings is 2. The van der Waals surface area contributed by atoms with Gasteiger partial charge >= 0.3 is 0 Å². The molecule has 0 aliphatic carbocycles. The zero-order chi connectivity index (χ0) is 19.3. The number of nitrogens with one attached hydrogen (secondary N) is 1. The molecule has 7 heteroatoms. The molecule has 0 amide bonds. The second kappa shape index (κ2) is 8.73. The van der Waals surface area contributed by atoms with E-state index in [2.05, 4.69) is 38.6 Å². The highest BCUT2D eigenvalue weighted by Gasteiger charge is 2.25. The standard InChI is InChI=1S/C21H23ClN4O2/c1-15-24-21(25-28-15)14-27-17-8-6-16(7-9-17)13-26-11-10-23-12-20(26)18-4-2-3-5-19(18)22/h2-9,20,23H,10-14H2,1H3. The maximum Gasteiger partial charge on any atom is 0.223 e. The molecule has 4 rings (SSSR count). The summed E-state index contributed by atoms with van der Waals surface area (Å²) in [6, 6.07) is 16.5. The number of halogens is 1. The van der Waals surface area contributed by atoms with Crippen LogP contribution in [0.25, 0.3) is 0 Å². The lowest BCUT2D eigenvalue weighted by molar-refractivity contribution is 0.154. The SMILES string of the molecule is Cc1nc(COc2ccc(CN3CCNCC3c3ccccc3Cl)cc2)no1. The normalized spacial score (nSPS) is 17.6. The minimum absolute atomic E-state index is 0.264. The molecule has 0 radical (unpaired) electrons. The van der Waals surface area contributed by atoms with E-state index in [0.29, 0.717) is 18.3 Å². The van der Waals surface area contributed by atoms with Gasteiger partial charge in [0, 0.05) is 44.2 Å². The van der Waals surface area contributed by atoms with Crippen LogP contribution < -0.4 is 10.1 Å². The van der Waals surface area contributed by atoms with E-state index < -0.39 is 0 Å². The lowest BCUT2D eigenvalue weighted by atomic mass is 10.0. The molecular weight excluding hydrogens is 376 g/mol. The van der Waals surface area contributed by atoms with Crippen LogP contribution in [-0.2, 0) is 13.2 Å². The predicted octanol–water partition coefficient (Wildman–Crippen LogP) is 3.76. The highest BCUT2D eigenvalue weighted by atomic mass is 35.5. The predicted molar refractivity (Wildman–Crippen MR) is 107 cm³/mol. The summed E-state index contributed by atoms with van der Waals surface area (Å²) in [5, 5.41) is 8.14. The number of ether oxygens (including phenoxy) is 1. The Bertz CT molecular complexity index is 913. The van der Waals surface area contributed by atoms with Gasteiger partial charge in [-0.2, -0.15) is 4.98 Å². The molecule has 6 nitrogen and oxygen atoms in total. The van der Waals surface area contributed by atoms with Gasteiger partial charge in [-0.15, -0.1) is 0 Å². The summed E-state index contributed by atoms with van der Waals surface area (Å²) in [7, 11) is 0. The van der Waals surface area contributed by atoms with Crippen LogP contribution in [0.3, 0.4) is 0 Å². The Labute approximate surface area is 169 Å². The minimum Gasteiger partial charge on any atom is -0.485 e. The van der Waals surface area contributed by atoms with Crippen LogP contribution in [0.2, 0.25) is 5.02 Å². The lowest BCUT2D eigenvalue weighted by Gasteiger charge is -2.37. The quantitative estimate of drug-likeness (QED) is 0.682. The van der Waals surface area contributed by atoms with Crippen molar-refractivity contribution in [2.75, 3.05) is 19.6 Å². The number of aromatic nitrogens is 2. The Hall–Kier alpha value is -2.41. The molecule has 3 aromatic rings. The molecule has 1 aliphatic heterocycles. The summed E-state index contributed by atoms with van der Waals surface area (Å²) >= 11 is 6.45. The van der Waals surface area contributed by atoms with Gasteiger partial charge in [0.05, 0.1) is 0 Å². The summed E-state index contributed by atoms with van der Waals surface area (Å²) < 4.78 is 10.7. The summed E-state index contributed by atoms with van der Waals surface area (Å²) in [5.41, 5.74) is 2.41. The van der Waals surface area contributed by atoms with Gasteiger partial charge in [0.25, 0.3) is 0 Å². The van der Waals surface area contributed by atoms with Crippen LogP contribution in [0.1, 0.15) is 28.9 Å². The first-order valence-corrected chi connectivity index (χ1v) is 9.77. The average molecular weight is 399 g/mol. The molecule has 1 N–H and O–H groups in total. The molecule has 1 saturated heterocycles. The molecule has 146 valence electrons. The van der Waals surface area contributed by atoms with E-state index in [-0.39, 0.29) is 6.04 Å². The number of hydrogen-bond acceptors (Lipinski definition) is 6. The molecule has 28 heavy (non-hydrogen) atoms. The van der Waals surface area contributed by atoms with Crippen LogP contribution in [0.4, 0.5) is 0 Å². The number of rotatable bonds is 6. The third kappa shape index (κ3) is 4.52. The van der Waals surface area contributed by atoms with Gasteiger partial charge in [0.2, 0.25) is 11.7 Å². The van der Waals surface area contributed by atoms with Gasteiger partial charge in [-0.3, -0.25) is 4.90 Å². The minimum atomic E-state index is 0.264. The van der Waals surface area contributed by atoms with E-state index in [1.165, 1.54) is 11.1 Å². The molecule has 2 aromatic carbocycles. The first-order valence-electron chi connectivity index (χ1n) is 9.39. The second-order valence-corrected chi connectivity index (χ2v) is 7.28. The van der Waals surface area contributed by atoms with E-state index in [9.17, 15) is 0 Å². The maximum atomic E-state index is 6.45. The zero-order valence-electron chi connectivity index (χ0n) is 15.8. The number of piperazine rings is 1. The number of nitrogens with zero attached hydrogens (tertiary/aromatic N) is 3. The molecule has 2 heterocycles. The second-order valence-electron chi connectivity index (χ2n) is 6.87. The highest BCUT2D eigenvalue weighted by molar-refractivity contribution is 6.31. The van der Waals surface area contributed by atoms with E-state index in [4.69, 9.17) is 20.9 Å². The van der Waals surface area contributed by atoms with Crippen molar-refractivity contribution in [3.05, 3.63) is 76.4 Å². The topological polar surface area (TPSA) is 63.4 Å². The van der Waals surface area contributed by atoms with Crippen molar-refractivity contribution in [2.24, 2.45) is 0 Å². The molecule has 1 atom stereocenters. The van der Waals surface area contributed by atoms with Gasteiger partial charge in [-0.05, 0) is 29.3 Å². The molecule has 1 aliphatic rings. The molecule has 0 bridgehead atoms. The third-order valence-corrected chi connectivity index (χ3v) is 5.21. The van der Waals surface area contributed by atoms with Crippen LogP contribution in [0.5, 0.6) is 5.75 Å². The van der Waals surface area contributed by atoms with Crippen molar-refractivity contribution >= 4 is 11.6 Å². The molecule has 1 fully saturated rings. The van der Waals surface area contributed by atoms with Crippen molar-refractivity contribution in [1.29, 1.82) is 0 Å². The Kier molecular flexibility index (Phi) is 5.90. The Morgan fingerprint density at radius 3 is 2.79 bits per heavy atom. The van der Waals surface area contributed by atoms with Gasteiger partial charge in [-0.25, -0.2) is 0 Å². The van der Waals surface area contributed by atoms with Crippen molar-refractivity contribution < 1.29 is 9.26 Å². The fourth-order valence-electron chi connectivity index (χ4n) is 3.46. The molecular formula is C21H23ClN4O2. The van der Waals surface area contributed by atoms with Crippen molar-refractivity contribution in [2.45, 2.75) is 26.1 Å². The summed E-state index contributed by atoms with van der Waals surface area (Å²) in [6.45, 7) is 5.77. The van der Waals surface area contributed by atoms with Crippen molar-refractivity contribution in [1.82, 2.24) is 20.4 Å². The summed E-state index contributed by atoms with van der Waals surface area (Å²) in [6.07, 6.45) is 0. The maximum absolute atomic E-state index is 6.45. The van der Waals surface area contributed by atoms with Gasteiger partial charge in [-0.1, -0.05) is 47.1 Å². The monoisotopic (exact) mass is 398 g/mol. The van der Waals surface area contributed by atoms with Gasteiger partial charge < -0.3 is 14.6 Å². The number of hydrogen-bond donors (Lipinski definition) is 1. The smallest absolute Gasteiger partial charge is 0.223 e. The van der Waals surface area contributed by atoms with Gasteiger partial charge in [0.1, 0.15) is 5.75 Å². The largest absolute Gasteiger partial charge is 0.485 e. The van der Waals surface area contributed by atoms with Crippen LogP contribution >= 0.6 is 11.6 Å². The molecule has 0 spiro atoms. The first kappa shape index (κ1) is 18.9. The fraction of sp³-hybridized carbons (Fsp3) is 0.333.